The molecule has 0 amide bonds. The van der Waals surface area contributed by atoms with Crippen LogP contribution in [0.15, 0.2) is 48.5 Å². The van der Waals surface area contributed by atoms with Crippen LogP contribution in [0.25, 0.3) is 0 Å². The van der Waals surface area contributed by atoms with Gasteiger partial charge in [0.05, 0.1) is 12.2 Å². The molecule has 1 aliphatic heterocycles. The van der Waals surface area contributed by atoms with Gasteiger partial charge in [0, 0.05) is 0 Å². The minimum Gasteiger partial charge on any atom is -0.504 e. The van der Waals surface area contributed by atoms with Gasteiger partial charge in [-0.25, -0.2) is 0 Å². The zero-order valence-electron chi connectivity index (χ0n) is 15.2. The minimum absolute atomic E-state index is 0.219. The van der Waals surface area contributed by atoms with Gasteiger partial charge in [0.15, 0.2) is 23.6 Å². The molecule has 29 heavy (non-hydrogen) atoms. The molecule has 0 bridgehead atoms. The Morgan fingerprint density at radius 1 is 0.966 bits per heavy atom. The molecule has 1 heterocycles. The summed E-state index contributed by atoms with van der Waals surface area (Å²) >= 11 is 0. The second-order valence-electron chi connectivity index (χ2n) is 6.66. The van der Waals surface area contributed by atoms with Crippen LogP contribution in [0.5, 0.6) is 11.5 Å². The normalized spacial score (nSPS) is 28.1. The maximum atomic E-state index is 13.1. The number of phenolic OH excluding ortho intramolecular Hbond substituents is 2. The molecule has 6 N–H and O–H groups in total. The fourth-order valence-corrected chi connectivity index (χ4v) is 3.10. The van der Waals surface area contributed by atoms with Crippen LogP contribution in [0.3, 0.4) is 0 Å². The number of phenols is 2. The van der Waals surface area contributed by atoms with E-state index in [1.807, 2.05) is 0 Å². The fraction of sp³-hybridized carbons (Fsp3) is 0.350. The van der Waals surface area contributed by atoms with Crippen molar-refractivity contribution in [2.75, 3.05) is 6.61 Å². The van der Waals surface area contributed by atoms with Gasteiger partial charge in [-0.3, -0.25) is 4.79 Å². The van der Waals surface area contributed by atoms with Gasteiger partial charge < -0.3 is 40.1 Å². The molecule has 2 unspecified atom stereocenters. The van der Waals surface area contributed by atoms with Gasteiger partial charge >= 0.3 is 0 Å². The Balaban J connectivity index is 1.95. The SMILES string of the molecule is O=C(c1cccc(O)c1O)C(OC1O[C@H](CO)[C@@H](O)[C@H](O)[C@H]1O)c1ccccc1. The Morgan fingerprint density at radius 2 is 1.66 bits per heavy atom. The van der Waals surface area contributed by atoms with Crippen LogP contribution in [0.1, 0.15) is 22.0 Å². The fourth-order valence-electron chi connectivity index (χ4n) is 3.10. The van der Waals surface area contributed by atoms with Crippen LogP contribution in [0.2, 0.25) is 0 Å². The molecule has 2 aromatic rings. The molecule has 0 spiro atoms. The summed E-state index contributed by atoms with van der Waals surface area (Å²) in [6.45, 7) is -0.651. The number of carbonyl (C=O) groups excluding carboxylic acids is 1. The van der Waals surface area contributed by atoms with E-state index in [4.69, 9.17) is 9.47 Å². The summed E-state index contributed by atoms with van der Waals surface area (Å²) in [7, 11) is 0. The van der Waals surface area contributed by atoms with Crippen molar-refractivity contribution in [3.8, 4) is 11.5 Å². The summed E-state index contributed by atoms with van der Waals surface area (Å²) in [6, 6.07) is 12.0. The van der Waals surface area contributed by atoms with Crippen LogP contribution < -0.4 is 0 Å². The van der Waals surface area contributed by atoms with Crippen molar-refractivity contribution in [2.24, 2.45) is 0 Å². The molecule has 3 rings (SSSR count). The predicted octanol–water partition coefficient (Wildman–Crippen LogP) is -0.162. The highest BCUT2D eigenvalue weighted by Gasteiger charge is 2.45. The van der Waals surface area contributed by atoms with Crippen LogP contribution in [0.4, 0.5) is 0 Å². The van der Waals surface area contributed by atoms with Gasteiger partial charge in [0.25, 0.3) is 0 Å². The van der Waals surface area contributed by atoms with Crippen molar-refractivity contribution >= 4 is 5.78 Å². The summed E-state index contributed by atoms with van der Waals surface area (Å²) in [5.74, 6) is -1.85. The number of aliphatic hydroxyl groups excluding tert-OH is 4. The van der Waals surface area contributed by atoms with E-state index < -0.39 is 60.7 Å². The van der Waals surface area contributed by atoms with Crippen molar-refractivity contribution in [2.45, 2.75) is 36.8 Å². The summed E-state index contributed by atoms with van der Waals surface area (Å²) < 4.78 is 11.0. The van der Waals surface area contributed by atoms with E-state index in [-0.39, 0.29) is 5.56 Å². The predicted molar refractivity (Wildman–Crippen MR) is 98.1 cm³/mol. The van der Waals surface area contributed by atoms with Crippen LogP contribution >= 0.6 is 0 Å². The van der Waals surface area contributed by atoms with Crippen molar-refractivity contribution in [1.82, 2.24) is 0 Å². The molecular weight excluding hydrogens is 384 g/mol. The maximum absolute atomic E-state index is 13.1. The highest BCUT2D eigenvalue weighted by Crippen LogP contribution is 2.35. The number of Topliss-reactive ketones (excluding diaryl/α,β-unsaturated/α-hetero) is 1. The third-order valence-corrected chi connectivity index (χ3v) is 4.74. The molecule has 0 saturated carbocycles. The first-order valence-corrected chi connectivity index (χ1v) is 8.91. The van der Waals surface area contributed by atoms with Crippen LogP contribution in [0, 0.1) is 0 Å². The minimum atomic E-state index is -1.70. The quantitative estimate of drug-likeness (QED) is 0.283. The number of para-hydroxylation sites is 1. The molecule has 0 aliphatic carbocycles. The zero-order valence-corrected chi connectivity index (χ0v) is 15.2. The summed E-state index contributed by atoms with van der Waals surface area (Å²) in [4.78, 5) is 13.1. The summed E-state index contributed by atoms with van der Waals surface area (Å²) in [6.07, 6.45) is -9.10. The molecule has 9 nitrogen and oxygen atoms in total. The molecule has 6 atom stereocenters. The number of benzene rings is 2. The maximum Gasteiger partial charge on any atom is 0.200 e. The van der Waals surface area contributed by atoms with E-state index in [2.05, 4.69) is 0 Å². The largest absolute Gasteiger partial charge is 0.504 e. The highest BCUT2D eigenvalue weighted by atomic mass is 16.7. The first kappa shape index (κ1) is 21.2. The van der Waals surface area contributed by atoms with Gasteiger partial charge in [-0.1, -0.05) is 36.4 Å². The molecule has 9 heteroatoms. The van der Waals surface area contributed by atoms with Crippen LogP contribution in [-0.2, 0) is 9.47 Å². The van der Waals surface area contributed by atoms with Crippen molar-refractivity contribution in [1.29, 1.82) is 0 Å². The molecular formula is C20H22O9. The number of aromatic hydroxyl groups is 2. The van der Waals surface area contributed by atoms with Gasteiger partial charge in [-0.2, -0.15) is 0 Å². The average molecular weight is 406 g/mol. The Hall–Kier alpha value is -2.53. The second kappa shape index (κ2) is 8.87. The highest BCUT2D eigenvalue weighted by molar-refractivity contribution is 6.02. The van der Waals surface area contributed by atoms with E-state index in [1.165, 1.54) is 18.2 Å². The molecule has 0 radical (unpaired) electrons. The van der Waals surface area contributed by atoms with Gasteiger partial charge in [-0.05, 0) is 17.7 Å². The number of hydrogen-bond donors (Lipinski definition) is 6. The number of aliphatic hydroxyl groups is 4. The lowest BCUT2D eigenvalue weighted by molar-refractivity contribution is -0.307. The smallest absolute Gasteiger partial charge is 0.200 e. The molecule has 0 aromatic heterocycles. The second-order valence-corrected chi connectivity index (χ2v) is 6.66. The standard InChI is InChI=1S/C20H22O9/c21-9-13-16(25)17(26)18(27)20(28-13)29-19(10-5-2-1-3-6-10)15(24)11-7-4-8-12(22)14(11)23/h1-8,13,16-23,25-27H,9H2/t13-,16-,17+,18-,19?,20?/m1/s1. The van der Waals surface area contributed by atoms with Crippen LogP contribution in [-0.4, -0.2) is 73.7 Å². The molecule has 2 aromatic carbocycles. The lowest BCUT2D eigenvalue weighted by Crippen LogP contribution is -2.59. The number of rotatable bonds is 6. The van der Waals surface area contributed by atoms with E-state index >= 15 is 0 Å². The van der Waals surface area contributed by atoms with E-state index in [0.29, 0.717) is 5.56 Å². The van der Waals surface area contributed by atoms with E-state index in [0.717, 1.165) is 0 Å². The number of ketones is 1. The Bertz CT molecular complexity index is 839. The zero-order chi connectivity index (χ0) is 21.1. The average Bonchev–Trinajstić information content (AvgIpc) is 2.74. The first-order chi connectivity index (χ1) is 13.8. The topological polar surface area (TPSA) is 157 Å². The van der Waals surface area contributed by atoms with Gasteiger partial charge in [0.1, 0.15) is 30.5 Å². The van der Waals surface area contributed by atoms with Crippen molar-refractivity contribution < 1.29 is 44.9 Å². The third-order valence-electron chi connectivity index (χ3n) is 4.74. The summed E-state index contributed by atoms with van der Waals surface area (Å²) in [5, 5.41) is 59.2. The number of carbonyl (C=O) groups is 1. The van der Waals surface area contributed by atoms with E-state index in [1.54, 1.807) is 30.3 Å². The van der Waals surface area contributed by atoms with Crippen molar-refractivity contribution in [3.63, 3.8) is 0 Å². The lowest BCUT2D eigenvalue weighted by Gasteiger charge is -2.40. The summed E-state index contributed by atoms with van der Waals surface area (Å²) in [5.41, 5.74) is 0.139. The van der Waals surface area contributed by atoms with E-state index in [9.17, 15) is 35.4 Å². The molecule has 1 saturated heterocycles. The number of ether oxygens (including phenoxy) is 2. The van der Waals surface area contributed by atoms with Crippen molar-refractivity contribution in [3.05, 3.63) is 59.7 Å². The van der Waals surface area contributed by atoms with Gasteiger partial charge in [-0.15, -0.1) is 0 Å². The Morgan fingerprint density at radius 3 is 2.31 bits per heavy atom. The third kappa shape index (κ3) is 4.25. The van der Waals surface area contributed by atoms with Gasteiger partial charge in [0.2, 0.25) is 0 Å². The molecule has 156 valence electrons. The Kier molecular flexibility index (Phi) is 6.48. The molecule has 1 fully saturated rings. The molecule has 1 aliphatic rings. The monoisotopic (exact) mass is 406 g/mol. The number of hydrogen-bond acceptors (Lipinski definition) is 9. The first-order valence-electron chi connectivity index (χ1n) is 8.91. The lowest BCUT2D eigenvalue weighted by atomic mass is 9.97. The Labute approximate surface area is 166 Å².